The van der Waals surface area contributed by atoms with E-state index in [0.29, 0.717) is 30.2 Å². The number of amides is 1. The van der Waals surface area contributed by atoms with Gasteiger partial charge in [-0.15, -0.1) is 0 Å². The summed E-state index contributed by atoms with van der Waals surface area (Å²) in [5, 5.41) is 7.33. The number of piperidine rings is 1. The van der Waals surface area contributed by atoms with Gasteiger partial charge in [-0.2, -0.15) is 5.10 Å². The van der Waals surface area contributed by atoms with Crippen molar-refractivity contribution >= 4 is 11.7 Å². The van der Waals surface area contributed by atoms with E-state index in [9.17, 15) is 4.79 Å². The summed E-state index contributed by atoms with van der Waals surface area (Å²) in [5.74, 6) is 2.45. The number of aromatic nitrogens is 4. The molecule has 2 saturated heterocycles. The number of hydrogen-bond donors (Lipinski definition) is 1. The predicted octanol–water partition coefficient (Wildman–Crippen LogP) is 3.17. The summed E-state index contributed by atoms with van der Waals surface area (Å²) in [5.41, 5.74) is 0.589. The monoisotopic (exact) mass is 396 g/mol. The van der Waals surface area contributed by atoms with Crippen LogP contribution in [0, 0.1) is 5.92 Å². The van der Waals surface area contributed by atoms with Crippen LogP contribution in [-0.4, -0.2) is 44.3 Å². The van der Waals surface area contributed by atoms with E-state index in [2.05, 4.69) is 47.1 Å². The number of rotatable bonds is 5. The van der Waals surface area contributed by atoms with Crippen LogP contribution in [0.5, 0.6) is 0 Å². The minimum absolute atomic E-state index is 0.0234. The second kappa shape index (κ2) is 7.76. The molecule has 2 fully saturated rings. The van der Waals surface area contributed by atoms with E-state index in [0.717, 1.165) is 31.0 Å². The Labute approximate surface area is 172 Å². The number of carbonyl (C=O) groups excluding carboxylic acids is 1. The fraction of sp³-hybridized carbons (Fsp3) is 0.636. The van der Waals surface area contributed by atoms with Crippen molar-refractivity contribution in [3.05, 3.63) is 36.0 Å². The van der Waals surface area contributed by atoms with E-state index in [1.165, 1.54) is 12.8 Å². The third kappa shape index (κ3) is 4.00. The number of nitrogens with one attached hydrogen (secondary N) is 1. The van der Waals surface area contributed by atoms with Gasteiger partial charge >= 0.3 is 0 Å². The Morgan fingerprint density at radius 1 is 1.17 bits per heavy atom. The third-order valence-corrected chi connectivity index (χ3v) is 6.21. The van der Waals surface area contributed by atoms with Crippen LogP contribution in [0.1, 0.15) is 69.7 Å². The van der Waals surface area contributed by atoms with Crippen LogP contribution in [0.4, 0.5) is 5.82 Å². The van der Waals surface area contributed by atoms with Crippen LogP contribution in [0.2, 0.25) is 0 Å². The highest BCUT2D eigenvalue weighted by molar-refractivity contribution is 5.92. The number of fused-ring (bicyclic) bond motifs is 2. The second-order valence-corrected chi connectivity index (χ2v) is 9.36. The Morgan fingerprint density at radius 3 is 2.55 bits per heavy atom. The Bertz CT molecular complexity index is 856. The Balaban J connectivity index is 1.40. The minimum Gasteiger partial charge on any atom is -0.351 e. The molecule has 3 atom stereocenters. The molecule has 7 nitrogen and oxygen atoms in total. The first-order valence-corrected chi connectivity index (χ1v) is 10.8. The second-order valence-electron chi connectivity index (χ2n) is 9.36. The first kappa shape index (κ1) is 19.9. The molecule has 156 valence electrons. The van der Waals surface area contributed by atoms with E-state index in [-0.39, 0.29) is 11.3 Å². The van der Waals surface area contributed by atoms with Gasteiger partial charge < -0.3 is 10.2 Å². The highest BCUT2D eigenvalue weighted by Crippen LogP contribution is 2.41. The number of aryl methyl sites for hydroxylation is 1. The van der Waals surface area contributed by atoms with Gasteiger partial charge in [0.1, 0.15) is 17.3 Å². The van der Waals surface area contributed by atoms with Crippen molar-refractivity contribution in [2.45, 2.75) is 77.4 Å². The Kier molecular flexibility index (Phi) is 5.32. The smallest absolute Gasteiger partial charge is 0.269 e. The number of carbonyl (C=O) groups is 1. The van der Waals surface area contributed by atoms with Crippen molar-refractivity contribution in [2.75, 3.05) is 11.4 Å². The standard InChI is InChI=1S/C22H32N6O/c1-5-27-18(8-11-25-27)20(29)24-14-15-12-16-6-7-17(13-15)28(16)19-9-10-23-21(26-19)22(2,3)4/h8-11,15-17H,5-7,12-14H2,1-4H3,(H,24,29)/t15?,16-,17+. The minimum atomic E-state index is -0.0529. The van der Waals surface area contributed by atoms with Crippen molar-refractivity contribution in [3.63, 3.8) is 0 Å². The molecule has 1 amide bonds. The lowest BCUT2D eigenvalue weighted by Gasteiger charge is -2.40. The fourth-order valence-electron chi connectivity index (χ4n) is 4.79. The normalized spacial score (nSPS) is 24.0. The predicted molar refractivity (Wildman–Crippen MR) is 113 cm³/mol. The van der Waals surface area contributed by atoms with Crippen molar-refractivity contribution in [1.29, 1.82) is 0 Å². The lowest BCUT2D eigenvalue weighted by molar-refractivity contribution is 0.0932. The van der Waals surface area contributed by atoms with Gasteiger partial charge in [-0.05, 0) is 50.7 Å². The number of nitrogens with zero attached hydrogens (tertiary/aromatic N) is 5. The molecule has 0 saturated carbocycles. The Morgan fingerprint density at radius 2 is 1.90 bits per heavy atom. The topological polar surface area (TPSA) is 75.9 Å². The molecule has 2 aliphatic rings. The van der Waals surface area contributed by atoms with Crippen LogP contribution in [0.25, 0.3) is 0 Å². The molecule has 0 spiro atoms. The summed E-state index contributed by atoms with van der Waals surface area (Å²) < 4.78 is 1.74. The SMILES string of the molecule is CCn1nccc1C(=O)NCC1C[C@H]2CC[C@@H](C1)N2c1ccnc(C(C)(C)C)n1. The summed E-state index contributed by atoms with van der Waals surface area (Å²) >= 11 is 0. The maximum absolute atomic E-state index is 12.5. The third-order valence-electron chi connectivity index (χ3n) is 6.21. The molecule has 29 heavy (non-hydrogen) atoms. The van der Waals surface area contributed by atoms with Crippen molar-refractivity contribution in [2.24, 2.45) is 5.92 Å². The molecule has 1 N–H and O–H groups in total. The molecular weight excluding hydrogens is 364 g/mol. The molecule has 4 rings (SSSR count). The zero-order chi connectivity index (χ0) is 20.6. The van der Waals surface area contributed by atoms with Gasteiger partial charge in [-0.3, -0.25) is 9.48 Å². The van der Waals surface area contributed by atoms with Crippen LogP contribution in [-0.2, 0) is 12.0 Å². The molecule has 2 aromatic rings. The van der Waals surface area contributed by atoms with Gasteiger partial charge in [-0.1, -0.05) is 20.8 Å². The van der Waals surface area contributed by atoms with Crippen molar-refractivity contribution in [3.8, 4) is 0 Å². The molecule has 2 bridgehead atoms. The summed E-state index contributed by atoms with van der Waals surface area (Å²) in [6, 6.07) is 4.83. The average molecular weight is 397 g/mol. The molecule has 2 aromatic heterocycles. The van der Waals surface area contributed by atoms with E-state index in [1.807, 2.05) is 13.1 Å². The molecule has 7 heteroatoms. The molecular formula is C22H32N6O. The van der Waals surface area contributed by atoms with Crippen LogP contribution < -0.4 is 10.2 Å². The van der Waals surface area contributed by atoms with Gasteiger partial charge in [0, 0.05) is 43.0 Å². The first-order chi connectivity index (χ1) is 13.9. The van der Waals surface area contributed by atoms with Gasteiger partial charge in [0.25, 0.3) is 5.91 Å². The van der Waals surface area contributed by atoms with Gasteiger partial charge in [0.15, 0.2) is 0 Å². The van der Waals surface area contributed by atoms with Crippen LogP contribution in [0.15, 0.2) is 24.5 Å². The Hall–Kier alpha value is -2.44. The molecule has 1 unspecified atom stereocenters. The maximum Gasteiger partial charge on any atom is 0.269 e. The molecule has 0 radical (unpaired) electrons. The quantitative estimate of drug-likeness (QED) is 0.840. The highest BCUT2D eigenvalue weighted by Gasteiger charge is 2.41. The summed E-state index contributed by atoms with van der Waals surface area (Å²) in [7, 11) is 0. The highest BCUT2D eigenvalue weighted by atomic mass is 16.2. The summed E-state index contributed by atoms with van der Waals surface area (Å²) in [4.78, 5) is 24.4. The van der Waals surface area contributed by atoms with E-state index < -0.39 is 0 Å². The van der Waals surface area contributed by atoms with E-state index in [1.54, 1.807) is 16.9 Å². The lowest BCUT2D eigenvalue weighted by atomic mass is 9.90. The average Bonchev–Trinajstić information content (AvgIpc) is 3.28. The van der Waals surface area contributed by atoms with Crippen molar-refractivity contribution < 1.29 is 4.79 Å². The summed E-state index contributed by atoms with van der Waals surface area (Å²) in [6.45, 7) is 9.88. The first-order valence-electron chi connectivity index (χ1n) is 10.8. The van der Waals surface area contributed by atoms with Gasteiger partial charge in [0.05, 0.1) is 0 Å². The van der Waals surface area contributed by atoms with E-state index >= 15 is 0 Å². The van der Waals surface area contributed by atoms with Crippen molar-refractivity contribution in [1.82, 2.24) is 25.1 Å². The largest absolute Gasteiger partial charge is 0.351 e. The lowest BCUT2D eigenvalue weighted by Crippen LogP contribution is -2.46. The van der Waals surface area contributed by atoms with Gasteiger partial charge in [0.2, 0.25) is 0 Å². The molecule has 2 aliphatic heterocycles. The number of hydrogen-bond acceptors (Lipinski definition) is 5. The van der Waals surface area contributed by atoms with Crippen LogP contribution >= 0.6 is 0 Å². The zero-order valence-corrected chi connectivity index (χ0v) is 17.9. The summed E-state index contributed by atoms with van der Waals surface area (Å²) in [6.07, 6.45) is 8.17. The maximum atomic E-state index is 12.5. The molecule has 4 heterocycles. The van der Waals surface area contributed by atoms with E-state index in [4.69, 9.17) is 4.98 Å². The van der Waals surface area contributed by atoms with Crippen LogP contribution in [0.3, 0.4) is 0 Å². The molecule has 0 aromatic carbocycles. The number of anilines is 1. The van der Waals surface area contributed by atoms with Gasteiger partial charge in [-0.25, -0.2) is 9.97 Å². The zero-order valence-electron chi connectivity index (χ0n) is 17.9. The fourth-order valence-corrected chi connectivity index (χ4v) is 4.79. The molecule has 0 aliphatic carbocycles.